The van der Waals surface area contributed by atoms with Crippen molar-refractivity contribution in [1.29, 1.82) is 0 Å². The molecule has 0 atom stereocenters. The summed E-state index contributed by atoms with van der Waals surface area (Å²) >= 11 is 0. The number of H-pyrrole nitrogens is 1. The molecular weight excluding hydrogens is 377 g/mol. The molecule has 152 valence electrons. The molecule has 0 unspecified atom stereocenters. The summed E-state index contributed by atoms with van der Waals surface area (Å²) in [5.74, 6) is -1.03. The zero-order valence-corrected chi connectivity index (χ0v) is 15.5. The van der Waals surface area contributed by atoms with Crippen LogP contribution in [0.2, 0.25) is 0 Å². The van der Waals surface area contributed by atoms with Gasteiger partial charge in [-0.2, -0.15) is 13.2 Å². The highest BCUT2D eigenvalue weighted by atomic mass is 19.4. The summed E-state index contributed by atoms with van der Waals surface area (Å²) in [5.41, 5.74) is 0.185. The summed E-state index contributed by atoms with van der Waals surface area (Å²) in [6.07, 6.45) is -4.40. The van der Waals surface area contributed by atoms with Crippen molar-refractivity contribution < 1.29 is 22.8 Å². The summed E-state index contributed by atoms with van der Waals surface area (Å²) < 4.78 is 38.2. The lowest BCUT2D eigenvalue weighted by molar-refractivity contribution is -0.164. The number of nitrogens with zero attached hydrogens (tertiary/aromatic N) is 3. The van der Waals surface area contributed by atoms with Gasteiger partial charge in [-0.15, -0.1) is 0 Å². The van der Waals surface area contributed by atoms with Gasteiger partial charge in [0.25, 0.3) is 5.56 Å². The van der Waals surface area contributed by atoms with Crippen LogP contribution in [-0.4, -0.2) is 64.9 Å². The highest BCUT2D eigenvalue weighted by Crippen LogP contribution is 2.17. The number of hydrogen-bond donors (Lipinski definition) is 1. The van der Waals surface area contributed by atoms with Crippen LogP contribution in [0.25, 0.3) is 10.9 Å². The number of fused-ring (bicyclic) bond motifs is 1. The quantitative estimate of drug-likeness (QED) is 0.770. The number of rotatable bonds is 7. The predicted molar refractivity (Wildman–Crippen MR) is 96.6 cm³/mol. The van der Waals surface area contributed by atoms with E-state index in [1.807, 2.05) is 0 Å². The van der Waals surface area contributed by atoms with Crippen LogP contribution >= 0.6 is 0 Å². The minimum atomic E-state index is -4.60. The first-order valence-corrected chi connectivity index (χ1v) is 8.59. The topological polar surface area (TPSA) is 86.4 Å². The van der Waals surface area contributed by atoms with Crippen LogP contribution in [0.4, 0.5) is 13.2 Å². The average Bonchev–Trinajstić information content (AvgIpc) is 2.59. The van der Waals surface area contributed by atoms with Crippen LogP contribution in [0.5, 0.6) is 0 Å². The Kier molecular flexibility index (Phi) is 6.76. The summed E-state index contributed by atoms with van der Waals surface area (Å²) in [7, 11) is 2.81. The molecule has 10 heteroatoms. The van der Waals surface area contributed by atoms with Crippen molar-refractivity contribution >= 4 is 22.7 Å². The molecule has 1 N–H and O–H groups in total. The van der Waals surface area contributed by atoms with Gasteiger partial charge in [0.05, 0.1) is 10.9 Å². The molecule has 2 amide bonds. The van der Waals surface area contributed by atoms with Gasteiger partial charge >= 0.3 is 6.18 Å². The van der Waals surface area contributed by atoms with Gasteiger partial charge in [-0.05, 0) is 18.6 Å². The Bertz CT molecular complexity index is 909. The number of hydrogen-bond acceptors (Lipinski definition) is 4. The maximum atomic E-state index is 12.7. The predicted octanol–water partition coefficient (Wildman–Crippen LogP) is 1.72. The SMILES string of the molecule is CN(C)C(=O)CN(CC(F)(F)F)C(=O)CCCc1nc2ccccc2c(=O)[nH]1. The lowest BCUT2D eigenvalue weighted by atomic mass is 10.2. The Balaban J connectivity index is 2.01. The highest BCUT2D eigenvalue weighted by Gasteiger charge is 2.33. The van der Waals surface area contributed by atoms with E-state index in [1.54, 1.807) is 24.3 Å². The molecule has 0 saturated carbocycles. The van der Waals surface area contributed by atoms with E-state index >= 15 is 0 Å². The van der Waals surface area contributed by atoms with Crippen molar-refractivity contribution in [2.24, 2.45) is 0 Å². The number of likely N-dealkylation sites (N-methyl/N-ethyl adjacent to an activating group) is 1. The third kappa shape index (κ3) is 6.07. The van der Waals surface area contributed by atoms with Gasteiger partial charge in [-0.25, -0.2) is 4.98 Å². The number of halogens is 3. The maximum absolute atomic E-state index is 12.7. The first-order valence-electron chi connectivity index (χ1n) is 8.59. The second-order valence-electron chi connectivity index (χ2n) is 6.54. The van der Waals surface area contributed by atoms with E-state index in [0.29, 0.717) is 21.6 Å². The number of alkyl halides is 3. The molecule has 1 aromatic carbocycles. The molecule has 0 aliphatic rings. The van der Waals surface area contributed by atoms with E-state index in [1.165, 1.54) is 14.1 Å². The van der Waals surface area contributed by atoms with Crippen molar-refractivity contribution in [2.75, 3.05) is 27.2 Å². The third-order valence-electron chi connectivity index (χ3n) is 4.01. The molecule has 28 heavy (non-hydrogen) atoms. The summed E-state index contributed by atoms with van der Waals surface area (Å²) in [5, 5.41) is 0.431. The zero-order chi connectivity index (χ0) is 20.9. The van der Waals surface area contributed by atoms with Crippen LogP contribution in [0.3, 0.4) is 0 Å². The molecule has 0 bridgehead atoms. The summed E-state index contributed by atoms with van der Waals surface area (Å²) in [6.45, 7) is -2.13. The van der Waals surface area contributed by atoms with E-state index in [4.69, 9.17) is 0 Å². The van der Waals surface area contributed by atoms with Gasteiger partial charge in [0.15, 0.2) is 0 Å². The van der Waals surface area contributed by atoms with E-state index in [0.717, 1.165) is 4.90 Å². The third-order valence-corrected chi connectivity index (χ3v) is 4.01. The van der Waals surface area contributed by atoms with E-state index in [2.05, 4.69) is 9.97 Å². The molecule has 0 fully saturated rings. The molecule has 1 aromatic heterocycles. The zero-order valence-electron chi connectivity index (χ0n) is 15.5. The number of benzene rings is 1. The van der Waals surface area contributed by atoms with E-state index in [-0.39, 0.29) is 24.8 Å². The Hall–Kier alpha value is -2.91. The number of aromatic amines is 1. The van der Waals surface area contributed by atoms with Crippen LogP contribution < -0.4 is 5.56 Å². The molecule has 7 nitrogen and oxygen atoms in total. The van der Waals surface area contributed by atoms with Gasteiger partial charge in [-0.3, -0.25) is 14.4 Å². The molecule has 1 heterocycles. The first kappa shape index (κ1) is 21.4. The fraction of sp³-hybridized carbons (Fsp3) is 0.444. The fourth-order valence-corrected chi connectivity index (χ4v) is 2.57. The largest absolute Gasteiger partial charge is 0.406 e. The maximum Gasteiger partial charge on any atom is 0.406 e. The second-order valence-corrected chi connectivity index (χ2v) is 6.54. The number of carbonyl (C=O) groups is 2. The fourth-order valence-electron chi connectivity index (χ4n) is 2.57. The Morgan fingerprint density at radius 1 is 1.14 bits per heavy atom. The number of para-hydroxylation sites is 1. The second kappa shape index (κ2) is 8.85. The average molecular weight is 398 g/mol. The standard InChI is InChI=1S/C18H21F3N4O3/c1-24(2)16(27)10-25(11-18(19,20)21)15(26)9-5-8-14-22-13-7-4-3-6-12(13)17(28)23-14/h3-4,6-7H,5,8-11H2,1-2H3,(H,22,23,28). The number of aromatic nitrogens is 2. The minimum absolute atomic E-state index is 0.185. The monoisotopic (exact) mass is 398 g/mol. The van der Waals surface area contributed by atoms with Crippen molar-refractivity contribution in [3.8, 4) is 0 Å². The first-order chi connectivity index (χ1) is 13.1. The lowest BCUT2D eigenvalue weighted by Crippen LogP contribution is -2.44. The number of nitrogens with one attached hydrogen (secondary N) is 1. The molecule has 0 saturated heterocycles. The Labute approximate surface area is 159 Å². The van der Waals surface area contributed by atoms with Crippen LogP contribution in [0, 0.1) is 0 Å². The number of amides is 2. The smallest absolute Gasteiger partial charge is 0.347 e. The van der Waals surface area contributed by atoms with Gasteiger partial charge in [0.2, 0.25) is 11.8 Å². The van der Waals surface area contributed by atoms with Crippen LogP contribution in [-0.2, 0) is 16.0 Å². The van der Waals surface area contributed by atoms with Crippen LogP contribution in [0.1, 0.15) is 18.7 Å². The lowest BCUT2D eigenvalue weighted by Gasteiger charge is -2.25. The normalized spacial score (nSPS) is 11.5. The van der Waals surface area contributed by atoms with Crippen molar-refractivity contribution in [3.05, 3.63) is 40.4 Å². The Morgan fingerprint density at radius 2 is 1.82 bits per heavy atom. The van der Waals surface area contributed by atoms with E-state index < -0.39 is 31.1 Å². The van der Waals surface area contributed by atoms with Crippen LogP contribution in [0.15, 0.2) is 29.1 Å². The molecule has 2 rings (SSSR count). The minimum Gasteiger partial charge on any atom is -0.347 e. The van der Waals surface area contributed by atoms with Gasteiger partial charge in [0, 0.05) is 26.9 Å². The summed E-state index contributed by atoms with van der Waals surface area (Å²) in [6, 6.07) is 6.75. The number of aryl methyl sites for hydroxylation is 1. The van der Waals surface area contributed by atoms with E-state index in [9.17, 15) is 27.6 Å². The molecule has 0 spiro atoms. The van der Waals surface area contributed by atoms with Gasteiger partial charge in [-0.1, -0.05) is 12.1 Å². The molecule has 2 aromatic rings. The molecule has 0 aliphatic carbocycles. The Morgan fingerprint density at radius 3 is 2.46 bits per heavy atom. The molecule has 0 radical (unpaired) electrons. The van der Waals surface area contributed by atoms with Gasteiger partial charge < -0.3 is 14.8 Å². The van der Waals surface area contributed by atoms with Crippen molar-refractivity contribution in [2.45, 2.75) is 25.4 Å². The number of carbonyl (C=O) groups excluding carboxylic acids is 2. The molecule has 0 aliphatic heterocycles. The van der Waals surface area contributed by atoms with Crippen molar-refractivity contribution in [1.82, 2.24) is 19.8 Å². The summed E-state index contributed by atoms with van der Waals surface area (Å²) in [4.78, 5) is 44.5. The molecular formula is C18H21F3N4O3. The van der Waals surface area contributed by atoms with Gasteiger partial charge in [0.1, 0.15) is 18.9 Å². The highest BCUT2D eigenvalue weighted by molar-refractivity contribution is 5.84. The van der Waals surface area contributed by atoms with Crippen molar-refractivity contribution in [3.63, 3.8) is 0 Å².